The van der Waals surface area contributed by atoms with E-state index in [1.807, 2.05) is 48.5 Å². The largest absolute Gasteiger partial charge is 0.392 e. The molecule has 0 aliphatic heterocycles. The Morgan fingerprint density at radius 3 is 2.50 bits per heavy atom. The monoisotopic (exact) mass is 328 g/mol. The van der Waals surface area contributed by atoms with Gasteiger partial charge in [0.1, 0.15) is 25.0 Å². The lowest BCUT2D eigenvalue weighted by atomic mass is 10.1. The van der Waals surface area contributed by atoms with E-state index in [0.717, 1.165) is 11.3 Å². The van der Waals surface area contributed by atoms with Gasteiger partial charge in [-0.05, 0) is 32.9 Å². The van der Waals surface area contributed by atoms with E-state index in [0.29, 0.717) is 12.3 Å². The third-order valence-electron chi connectivity index (χ3n) is 3.38. The van der Waals surface area contributed by atoms with Crippen LogP contribution in [0.5, 0.6) is 0 Å². The maximum Gasteiger partial charge on any atom is 0.148 e. The van der Waals surface area contributed by atoms with Crippen LogP contribution in [0.4, 0.5) is 0 Å². The van der Waals surface area contributed by atoms with Crippen LogP contribution in [0.1, 0.15) is 32.0 Å². The molecule has 0 aliphatic carbocycles. The standard InChI is InChI=1S/C19H25N3O2/c1-19(2,3)21-13-16(23)14-24-22-18(15-9-5-4-6-10-15)17-11-7-8-12-20-17/h4-12,16,21,23H,13-14H2,1-3H3/p+1/b22-18+/t16-/m1/s1. The Hall–Kier alpha value is -2.24. The van der Waals surface area contributed by atoms with Gasteiger partial charge in [-0.1, -0.05) is 41.6 Å². The number of nitrogens with zero attached hydrogens (tertiary/aromatic N) is 2. The third kappa shape index (κ3) is 6.10. The molecule has 0 aliphatic rings. The van der Waals surface area contributed by atoms with Crippen LogP contribution in [0.25, 0.3) is 0 Å². The first-order valence-electron chi connectivity index (χ1n) is 8.15. The second kappa shape index (κ2) is 8.57. The van der Waals surface area contributed by atoms with Crippen molar-refractivity contribution in [1.82, 2.24) is 4.98 Å². The zero-order valence-corrected chi connectivity index (χ0v) is 14.5. The SMILES string of the molecule is CC(C)(C)[NH2+]C[C@@H](O)CO/N=C(\c1ccccc1)c1ccccn1. The van der Waals surface area contributed by atoms with Gasteiger partial charge in [0.2, 0.25) is 0 Å². The van der Waals surface area contributed by atoms with Crippen molar-refractivity contribution in [2.75, 3.05) is 13.2 Å². The summed E-state index contributed by atoms with van der Waals surface area (Å²) < 4.78 is 0. The maximum atomic E-state index is 10.0. The van der Waals surface area contributed by atoms with Gasteiger partial charge in [0.25, 0.3) is 0 Å². The summed E-state index contributed by atoms with van der Waals surface area (Å²) in [6.07, 6.45) is 1.15. The molecule has 0 radical (unpaired) electrons. The minimum absolute atomic E-state index is 0.0768. The zero-order chi connectivity index (χ0) is 17.4. The molecule has 0 amide bonds. The molecule has 0 spiro atoms. The molecule has 0 bridgehead atoms. The van der Waals surface area contributed by atoms with E-state index in [2.05, 4.69) is 36.2 Å². The topological polar surface area (TPSA) is 71.3 Å². The molecule has 0 saturated carbocycles. The van der Waals surface area contributed by atoms with Gasteiger partial charge in [0.05, 0.1) is 11.2 Å². The molecular weight excluding hydrogens is 302 g/mol. The number of rotatable bonds is 7. The fourth-order valence-electron chi connectivity index (χ4n) is 2.09. The van der Waals surface area contributed by atoms with Gasteiger partial charge in [-0.2, -0.15) is 0 Å². The van der Waals surface area contributed by atoms with E-state index in [1.54, 1.807) is 6.20 Å². The molecule has 2 aromatic rings. The lowest BCUT2D eigenvalue weighted by Crippen LogP contribution is -2.96. The van der Waals surface area contributed by atoms with Crippen LogP contribution in [0.2, 0.25) is 0 Å². The van der Waals surface area contributed by atoms with Crippen LogP contribution < -0.4 is 5.32 Å². The molecule has 1 aromatic carbocycles. The smallest absolute Gasteiger partial charge is 0.148 e. The van der Waals surface area contributed by atoms with Gasteiger partial charge in [0.15, 0.2) is 0 Å². The van der Waals surface area contributed by atoms with Crippen LogP contribution in [-0.4, -0.2) is 40.6 Å². The Morgan fingerprint density at radius 1 is 1.17 bits per heavy atom. The highest BCUT2D eigenvalue weighted by atomic mass is 16.6. The van der Waals surface area contributed by atoms with Crippen molar-refractivity contribution in [1.29, 1.82) is 0 Å². The fourth-order valence-corrected chi connectivity index (χ4v) is 2.09. The van der Waals surface area contributed by atoms with Gasteiger partial charge >= 0.3 is 0 Å². The van der Waals surface area contributed by atoms with Crippen molar-refractivity contribution in [2.24, 2.45) is 5.16 Å². The number of hydrogen-bond donors (Lipinski definition) is 2. The number of oxime groups is 1. The van der Waals surface area contributed by atoms with Crippen molar-refractivity contribution in [3.63, 3.8) is 0 Å². The Labute approximate surface area is 143 Å². The molecule has 0 fully saturated rings. The van der Waals surface area contributed by atoms with Crippen molar-refractivity contribution in [3.8, 4) is 0 Å². The Morgan fingerprint density at radius 2 is 1.88 bits per heavy atom. The van der Waals surface area contributed by atoms with Crippen LogP contribution in [0.15, 0.2) is 59.9 Å². The molecule has 1 aromatic heterocycles. The van der Waals surface area contributed by atoms with E-state index in [4.69, 9.17) is 4.84 Å². The first kappa shape index (κ1) is 18.1. The number of hydrogen-bond acceptors (Lipinski definition) is 4. The second-order valence-corrected chi connectivity index (χ2v) is 6.78. The summed E-state index contributed by atoms with van der Waals surface area (Å²) in [4.78, 5) is 9.75. The lowest BCUT2D eigenvalue weighted by molar-refractivity contribution is -0.722. The van der Waals surface area contributed by atoms with Crippen molar-refractivity contribution in [3.05, 3.63) is 66.0 Å². The van der Waals surface area contributed by atoms with Gasteiger partial charge in [-0.25, -0.2) is 0 Å². The van der Waals surface area contributed by atoms with E-state index in [1.165, 1.54) is 0 Å². The minimum atomic E-state index is -0.575. The molecule has 3 N–H and O–H groups in total. The Bertz CT molecular complexity index is 595. The van der Waals surface area contributed by atoms with Crippen molar-refractivity contribution in [2.45, 2.75) is 32.4 Å². The number of quaternary nitrogens is 1. The minimum Gasteiger partial charge on any atom is -0.392 e. The molecule has 0 saturated heterocycles. The molecular formula is C19H26N3O2+. The molecule has 5 heteroatoms. The maximum absolute atomic E-state index is 10.0. The summed E-state index contributed by atoms with van der Waals surface area (Å²) in [6, 6.07) is 15.4. The fraction of sp³-hybridized carbons (Fsp3) is 0.368. The average Bonchev–Trinajstić information content (AvgIpc) is 2.58. The average molecular weight is 328 g/mol. The van der Waals surface area contributed by atoms with Gasteiger partial charge in [0, 0.05) is 11.8 Å². The molecule has 0 unspecified atom stereocenters. The van der Waals surface area contributed by atoms with Crippen molar-refractivity contribution >= 4 is 5.71 Å². The highest BCUT2D eigenvalue weighted by Gasteiger charge is 2.16. The van der Waals surface area contributed by atoms with E-state index in [9.17, 15) is 5.11 Å². The summed E-state index contributed by atoms with van der Waals surface area (Å²) in [7, 11) is 0. The van der Waals surface area contributed by atoms with Crippen LogP contribution in [0.3, 0.4) is 0 Å². The van der Waals surface area contributed by atoms with Crippen LogP contribution in [0, 0.1) is 0 Å². The van der Waals surface area contributed by atoms with Gasteiger partial charge in [-0.3, -0.25) is 4.98 Å². The Balaban J connectivity index is 2.04. The summed E-state index contributed by atoms with van der Waals surface area (Å²) in [5.74, 6) is 0. The number of aliphatic hydroxyl groups is 1. The van der Waals surface area contributed by atoms with E-state index < -0.39 is 6.10 Å². The summed E-state index contributed by atoms with van der Waals surface area (Å²) in [5, 5.41) is 16.3. The molecule has 1 heterocycles. The third-order valence-corrected chi connectivity index (χ3v) is 3.38. The van der Waals surface area contributed by atoms with Crippen molar-refractivity contribution < 1.29 is 15.3 Å². The number of aromatic nitrogens is 1. The molecule has 24 heavy (non-hydrogen) atoms. The highest BCUT2D eigenvalue weighted by Crippen LogP contribution is 2.09. The van der Waals surface area contributed by atoms with Gasteiger partial charge in [-0.15, -0.1) is 0 Å². The van der Waals surface area contributed by atoms with Crippen LogP contribution >= 0.6 is 0 Å². The number of aliphatic hydroxyl groups excluding tert-OH is 1. The predicted octanol–water partition coefficient (Wildman–Crippen LogP) is 1.57. The van der Waals surface area contributed by atoms with E-state index in [-0.39, 0.29) is 12.1 Å². The van der Waals surface area contributed by atoms with Crippen LogP contribution in [-0.2, 0) is 4.84 Å². The second-order valence-electron chi connectivity index (χ2n) is 6.78. The Kier molecular flexibility index (Phi) is 6.46. The highest BCUT2D eigenvalue weighted by molar-refractivity contribution is 6.11. The predicted molar refractivity (Wildman–Crippen MR) is 94.8 cm³/mol. The van der Waals surface area contributed by atoms with Gasteiger partial charge < -0.3 is 15.3 Å². The first-order chi connectivity index (χ1) is 11.5. The zero-order valence-electron chi connectivity index (χ0n) is 14.5. The molecule has 128 valence electrons. The quantitative estimate of drug-likeness (QED) is 0.599. The molecule has 2 rings (SSSR count). The summed E-state index contributed by atoms with van der Waals surface area (Å²) >= 11 is 0. The number of benzene rings is 1. The summed E-state index contributed by atoms with van der Waals surface area (Å²) in [5.41, 5.74) is 2.39. The normalized spacial score (nSPS) is 13.6. The number of pyridine rings is 1. The summed E-state index contributed by atoms with van der Waals surface area (Å²) in [6.45, 7) is 7.03. The molecule has 5 nitrogen and oxygen atoms in total. The first-order valence-corrected chi connectivity index (χ1v) is 8.15. The molecule has 1 atom stereocenters. The number of nitrogens with two attached hydrogens (primary N) is 1. The van der Waals surface area contributed by atoms with E-state index >= 15 is 0 Å². The lowest BCUT2D eigenvalue weighted by Gasteiger charge is -2.18.